The van der Waals surface area contributed by atoms with Gasteiger partial charge in [-0.15, -0.1) is 0 Å². The van der Waals surface area contributed by atoms with E-state index in [1.54, 1.807) is 0 Å². The molecule has 3 nitrogen and oxygen atoms in total. The second kappa shape index (κ2) is 3.98. The number of alkyl halides is 3. The van der Waals surface area contributed by atoms with Crippen LogP contribution in [0, 0.1) is 0 Å². The summed E-state index contributed by atoms with van der Waals surface area (Å²) >= 11 is 14.7. The third-order valence-corrected chi connectivity index (χ3v) is 3.59. The van der Waals surface area contributed by atoms with Crippen molar-refractivity contribution in [3.8, 4) is 0 Å². The van der Waals surface area contributed by atoms with E-state index < -0.39 is 26.2 Å². The minimum atomic E-state index is -1.80. The Bertz CT molecular complexity index is 193. The first-order chi connectivity index (χ1) is 5.43. The molecule has 0 saturated carbocycles. The molecule has 7 heteroatoms. The Hall–Kier alpha value is 0.940. The third kappa shape index (κ3) is 2.47. The summed E-state index contributed by atoms with van der Waals surface area (Å²) in [6, 6.07) is 0. The van der Waals surface area contributed by atoms with Gasteiger partial charge in [-0.05, 0) is 6.42 Å². The van der Waals surface area contributed by atoms with Gasteiger partial charge >= 0.3 is 0 Å². The maximum atomic E-state index is 11.0. The molecule has 1 aliphatic rings. The van der Waals surface area contributed by atoms with Crippen LogP contribution in [-0.2, 0) is 15.3 Å². The molecule has 0 aliphatic carbocycles. The summed E-state index contributed by atoms with van der Waals surface area (Å²) < 4.78 is 13.9. The highest BCUT2D eigenvalue weighted by molar-refractivity contribution is 7.81. The first-order valence-corrected chi connectivity index (χ1v) is 5.49. The minimum absolute atomic E-state index is 0.328. The van der Waals surface area contributed by atoms with Crippen LogP contribution in [0.25, 0.3) is 0 Å². The van der Waals surface area contributed by atoms with Gasteiger partial charge in [0.2, 0.25) is 3.79 Å². The zero-order valence-electron chi connectivity index (χ0n) is 5.87. The Morgan fingerprint density at radius 1 is 1.58 bits per heavy atom. The molecule has 0 aromatic carbocycles. The molecule has 1 saturated heterocycles. The van der Waals surface area contributed by atoms with Crippen molar-refractivity contribution in [2.24, 2.45) is 0 Å². The number of halogens is 3. The van der Waals surface area contributed by atoms with Crippen molar-refractivity contribution in [2.75, 3.05) is 6.61 Å². The molecule has 0 amide bonds. The van der Waals surface area contributed by atoms with Gasteiger partial charge in [0.25, 0.3) is 0 Å². The van der Waals surface area contributed by atoms with E-state index in [0.29, 0.717) is 13.0 Å². The number of hydrogen-bond acceptors (Lipinski definition) is 3. The molecule has 1 unspecified atom stereocenters. The number of hydrogen-bond donors (Lipinski definition) is 1. The monoisotopic (exact) mass is 252 g/mol. The molecule has 72 valence electrons. The van der Waals surface area contributed by atoms with Crippen molar-refractivity contribution in [3.63, 3.8) is 0 Å². The van der Waals surface area contributed by atoms with E-state index in [1.807, 2.05) is 0 Å². The SMILES string of the molecule is O=S1OCC[C@@H]1[C@@H](O)C(Cl)(Cl)Cl. The van der Waals surface area contributed by atoms with Crippen LogP contribution in [-0.4, -0.2) is 31.1 Å². The van der Waals surface area contributed by atoms with Crippen LogP contribution in [0.2, 0.25) is 0 Å². The van der Waals surface area contributed by atoms with E-state index in [1.165, 1.54) is 0 Å². The molecule has 3 atom stereocenters. The van der Waals surface area contributed by atoms with Crippen molar-refractivity contribution in [1.29, 1.82) is 0 Å². The predicted octanol–water partition coefficient (Wildman–Crippen LogP) is 1.17. The highest BCUT2D eigenvalue weighted by Crippen LogP contribution is 2.35. The fraction of sp³-hybridized carbons (Fsp3) is 1.00. The number of rotatable bonds is 1. The lowest BCUT2D eigenvalue weighted by Gasteiger charge is -2.22. The second-order valence-corrected chi connectivity index (χ2v) is 6.13. The average molecular weight is 254 g/mol. The summed E-state index contributed by atoms with van der Waals surface area (Å²) in [5.74, 6) is 0. The summed E-state index contributed by atoms with van der Waals surface area (Å²) in [6.07, 6.45) is -0.798. The van der Waals surface area contributed by atoms with Gasteiger partial charge in [-0.3, -0.25) is 4.18 Å². The van der Waals surface area contributed by atoms with Gasteiger partial charge < -0.3 is 5.11 Å². The summed E-state index contributed by atoms with van der Waals surface area (Å²) in [6.45, 7) is 0.328. The maximum absolute atomic E-state index is 11.0. The van der Waals surface area contributed by atoms with Crippen molar-refractivity contribution in [1.82, 2.24) is 0 Å². The van der Waals surface area contributed by atoms with Crippen LogP contribution >= 0.6 is 34.8 Å². The van der Waals surface area contributed by atoms with Crippen molar-refractivity contribution < 1.29 is 13.5 Å². The van der Waals surface area contributed by atoms with Gasteiger partial charge in [-0.1, -0.05) is 34.8 Å². The number of aliphatic hydroxyl groups is 1. The third-order valence-electron chi connectivity index (χ3n) is 1.54. The molecular weight excluding hydrogens is 246 g/mol. The Balaban J connectivity index is 2.63. The van der Waals surface area contributed by atoms with Crippen LogP contribution < -0.4 is 0 Å². The summed E-state index contributed by atoms with van der Waals surface area (Å²) in [5.41, 5.74) is 0. The van der Waals surface area contributed by atoms with E-state index in [2.05, 4.69) is 0 Å². The normalized spacial score (nSPS) is 33.7. The maximum Gasteiger partial charge on any atom is 0.217 e. The summed E-state index contributed by atoms with van der Waals surface area (Å²) in [5, 5.41) is 8.79. The van der Waals surface area contributed by atoms with Crippen molar-refractivity contribution in [2.45, 2.75) is 21.6 Å². The lowest BCUT2D eigenvalue weighted by atomic mass is 10.2. The molecule has 0 aromatic heterocycles. The van der Waals surface area contributed by atoms with Gasteiger partial charge in [0.05, 0.1) is 11.9 Å². The summed E-state index contributed by atoms with van der Waals surface area (Å²) in [7, 11) is 0. The Labute approximate surface area is 87.6 Å². The smallest absolute Gasteiger partial charge is 0.217 e. The van der Waals surface area contributed by atoms with E-state index >= 15 is 0 Å². The fourth-order valence-electron chi connectivity index (χ4n) is 0.904. The van der Waals surface area contributed by atoms with Crippen LogP contribution in [0.1, 0.15) is 6.42 Å². The molecule has 0 radical (unpaired) electrons. The van der Waals surface area contributed by atoms with Gasteiger partial charge in [-0.25, -0.2) is 4.21 Å². The predicted molar refractivity (Wildman–Crippen MR) is 48.8 cm³/mol. The van der Waals surface area contributed by atoms with Crippen molar-refractivity contribution >= 4 is 45.9 Å². The molecule has 12 heavy (non-hydrogen) atoms. The Morgan fingerprint density at radius 2 is 2.17 bits per heavy atom. The quantitative estimate of drug-likeness (QED) is 0.714. The number of aliphatic hydroxyl groups excluding tert-OH is 1. The molecule has 1 heterocycles. The van der Waals surface area contributed by atoms with Crippen LogP contribution in [0.15, 0.2) is 0 Å². The second-order valence-electron chi connectivity index (χ2n) is 2.40. The van der Waals surface area contributed by atoms with E-state index in [-0.39, 0.29) is 0 Å². The molecule has 1 fully saturated rings. The van der Waals surface area contributed by atoms with Crippen LogP contribution in [0.4, 0.5) is 0 Å². The highest BCUT2D eigenvalue weighted by atomic mass is 35.6. The lowest BCUT2D eigenvalue weighted by Crippen LogP contribution is -2.38. The molecule has 1 rings (SSSR count). The lowest BCUT2D eigenvalue weighted by molar-refractivity contribution is 0.173. The van der Waals surface area contributed by atoms with Crippen molar-refractivity contribution in [3.05, 3.63) is 0 Å². The highest BCUT2D eigenvalue weighted by Gasteiger charge is 2.42. The van der Waals surface area contributed by atoms with Gasteiger partial charge in [-0.2, -0.15) is 0 Å². The van der Waals surface area contributed by atoms with E-state index in [0.717, 1.165) is 0 Å². The largest absolute Gasteiger partial charge is 0.387 e. The van der Waals surface area contributed by atoms with E-state index in [9.17, 15) is 9.32 Å². The Kier molecular flexibility index (Phi) is 3.66. The molecule has 0 spiro atoms. The topological polar surface area (TPSA) is 46.5 Å². The van der Waals surface area contributed by atoms with Gasteiger partial charge in [0.1, 0.15) is 6.10 Å². The average Bonchev–Trinajstić information content (AvgIpc) is 2.31. The molecular formula is C5H7Cl3O3S. The zero-order valence-corrected chi connectivity index (χ0v) is 8.96. The molecule has 0 aromatic rings. The standard InChI is InChI=1S/C5H7Cl3O3S/c6-5(7,8)4(9)3-1-2-11-12(3)10/h3-4,9H,1-2H2/t3-,4-,12?/m1/s1. The summed E-state index contributed by atoms with van der Waals surface area (Å²) in [4.78, 5) is 0. The fourth-order valence-corrected chi connectivity index (χ4v) is 2.72. The minimum Gasteiger partial charge on any atom is -0.387 e. The van der Waals surface area contributed by atoms with Gasteiger partial charge in [0.15, 0.2) is 11.1 Å². The molecule has 1 N–H and O–H groups in total. The Morgan fingerprint density at radius 3 is 2.50 bits per heavy atom. The van der Waals surface area contributed by atoms with Crippen LogP contribution in [0.5, 0.6) is 0 Å². The first-order valence-electron chi connectivity index (χ1n) is 3.21. The van der Waals surface area contributed by atoms with Gasteiger partial charge in [0, 0.05) is 0 Å². The van der Waals surface area contributed by atoms with E-state index in [4.69, 9.17) is 39.0 Å². The molecule has 0 bridgehead atoms. The molecule has 1 aliphatic heterocycles. The van der Waals surface area contributed by atoms with Crippen LogP contribution in [0.3, 0.4) is 0 Å². The first kappa shape index (κ1) is 11.0. The zero-order chi connectivity index (χ0) is 9.35.